The summed E-state index contributed by atoms with van der Waals surface area (Å²) in [5.74, 6) is -0.165. The normalized spacial score (nSPS) is 10.6. The molecule has 0 amide bonds. The SMILES string of the molecule is O=C(c1ccc(I)c(Cl)c1)c1cnnn1-c1ccccc1. The average molecular weight is 410 g/mol. The summed E-state index contributed by atoms with van der Waals surface area (Å²) in [5.41, 5.74) is 1.70. The molecular weight excluding hydrogens is 401 g/mol. The van der Waals surface area contributed by atoms with Crippen molar-refractivity contribution in [1.29, 1.82) is 0 Å². The van der Waals surface area contributed by atoms with Gasteiger partial charge in [0.1, 0.15) is 5.69 Å². The first-order valence-corrected chi connectivity index (χ1v) is 7.58. The number of para-hydroxylation sites is 1. The minimum absolute atomic E-state index is 0.165. The predicted octanol–water partition coefficient (Wildman–Crippen LogP) is 3.76. The summed E-state index contributed by atoms with van der Waals surface area (Å²) in [4.78, 5) is 12.6. The van der Waals surface area contributed by atoms with Crippen LogP contribution in [0.2, 0.25) is 5.02 Å². The van der Waals surface area contributed by atoms with Crippen molar-refractivity contribution in [2.45, 2.75) is 0 Å². The van der Waals surface area contributed by atoms with Gasteiger partial charge >= 0.3 is 0 Å². The first-order valence-electron chi connectivity index (χ1n) is 6.12. The monoisotopic (exact) mass is 409 g/mol. The lowest BCUT2D eigenvalue weighted by atomic mass is 10.1. The number of ketones is 1. The molecule has 0 spiro atoms. The zero-order valence-electron chi connectivity index (χ0n) is 10.7. The van der Waals surface area contributed by atoms with Crippen LogP contribution in [0.4, 0.5) is 0 Å². The Morgan fingerprint density at radius 3 is 2.62 bits per heavy atom. The van der Waals surface area contributed by atoms with Crippen molar-refractivity contribution in [2.75, 3.05) is 0 Å². The molecule has 3 rings (SSSR count). The Labute approximate surface area is 139 Å². The zero-order chi connectivity index (χ0) is 14.8. The average Bonchev–Trinajstić information content (AvgIpc) is 2.99. The van der Waals surface area contributed by atoms with Gasteiger partial charge in [-0.2, -0.15) is 0 Å². The molecule has 0 saturated carbocycles. The fourth-order valence-corrected chi connectivity index (χ4v) is 2.45. The molecule has 0 aliphatic carbocycles. The van der Waals surface area contributed by atoms with Gasteiger partial charge < -0.3 is 0 Å². The lowest BCUT2D eigenvalue weighted by Gasteiger charge is -2.06. The fraction of sp³-hybridized carbons (Fsp3) is 0. The molecule has 0 bridgehead atoms. The molecule has 3 aromatic rings. The number of nitrogens with zero attached hydrogens (tertiary/aromatic N) is 3. The van der Waals surface area contributed by atoms with Crippen LogP contribution in [0.25, 0.3) is 5.69 Å². The summed E-state index contributed by atoms with van der Waals surface area (Å²) in [5, 5.41) is 8.38. The standard InChI is InChI=1S/C15H9ClIN3O/c16-12-8-10(6-7-13(12)17)15(21)14-9-18-19-20(14)11-4-2-1-3-5-11/h1-9H. The van der Waals surface area contributed by atoms with E-state index in [1.54, 1.807) is 12.1 Å². The summed E-state index contributed by atoms with van der Waals surface area (Å²) in [6.45, 7) is 0. The Balaban J connectivity index is 2.03. The number of rotatable bonds is 3. The highest BCUT2D eigenvalue weighted by molar-refractivity contribution is 14.1. The highest BCUT2D eigenvalue weighted by Crippen LogP contribution is 2.21. The smallest absolute Gasteiger partial charge is 0.213 e. The minimum atomic E-state index is -0.165. The lowest BCUT2D eigenvalue weighted by molar-refractivity contribution is 0.103. The van der Waals surface area contributed by atoms with Crippen molar-refractivity contribution < 1.29 is 4.79 Å². The molecule has 2 aromatic carbocycles. The molecule has 0 radical (unpaired) electrons. The van der Waals surface area contributed by atoms with E-state index in [1.165, 1.54) is 10.9 Å². The van der Waals surface area contributed by atoms with Gasteiger partial charge in [0.25, 0.3) is 0 Å². The van der Waals surface area contributed by atoms with Crippen LogP contribution >= 0.6 is 34.2 Å². The molecule has 0 unspecified atom stereocenters. The molecule has 0 atom stereocenters. The van der Waals surface area contributed by atoms with Crippen molar-refractivity contribution in [3.8, 4) is 5.69 Å². The molecule has 21 heavy (non-hydrogen) atoms. The Kier molecular flexibility index (Phi) is 4.03. The number of benzene rings is 2. The minimum Gasteiger partial charge on any atom is -0.287 e. The molecule has 0 N–H and O–H groups in total. The first-order chi connectivity index (χ1) is 10.2. The van der Waals surface area contributed by atoms with E-state index in [4.69, 9.17) is 11.6 Å². The van der Waals surface area contributed by atoms with Gasteiger partial charge in [-0.1, -0.05) is 35.0 Å². The van der Waals surface area contributed by atoms with Gasteiger partial charge in [-0.3, -0.25) is 4.79 Å². The second kappa shape index (κ2) is 5.95. The molecule has 0 aliphatic rings. The maximum Gasteiger partial charge on any atom is 0.213 e. The largest absolute Gasteiger partial charge is 0.287 e. The van der Waals surface area contributed by atoms with Crippen molar-refractivity contribution >= 4 is 40.0 Å². The molecule has 0 fully saturated rings. The van der Waals surface area contributed by atoms with Gasteiger partial charge in [-0.05, 0) is 52.9 Å². The lowest BCUT2D eigenvalue weighted by Crippen LogP contribution is -2.10. The first kappa shape index (κ1) is 14.2. The third kappa shape index (κ3) is 2.84. The number of carbonyl (C=O) groups is 1. The quantitative estimate of drug-likeness (QED) is 0.489. The Bertz CT molecular complexity index is 802. The summed E-state index contributed by atoms with van der Waals surface area (Å²) in [6, 6.07) is 14.6. The molecular formula is C15H9ClIN3O. The van der Waals surface area contributed by atoms with Crippen LogP contribution in [0.15, 0.2) is 54.7 Å². The van der Waals surface area contributed by atoms with Gasteiger partial charge in [-0.25, -0.2) is 4.68 Å². The maximum absolute atomic E-state index is 12.6. The van der Waals surface area contributed by atoms with E-state index in [1.807, 2.05) is 36.4 Å². The van der Waals surface area contributed by atoms with Crippen LogP contribution in [0.3, 0.4) is 0 Å². The number of hydrogen-bond acceptors (Lipinski definition) is 3. The molecule has 1 heterocycles. The van der Waals surface area contributed by atoms with Crippen LogP contribution in [0.5, 0.6) is 0 Å². The molecule has 4 nitrogen and oxygen atoms in total. The van der Waals surface area contributed by atoms with E-state index in [9.17, 15) is 4.79 Å². The molecule has 0 aliphatic heterocycles. The third-order valence-electron chi connectivity index (χ3n) is 2.96. The third-order valence-corrected chi connectivity index (χ3v) is 4.54. The van der Waals surface area contributed by atoms with Gasteiger partial charge in [0.2, 0.25) is 5.78 Å². The number of hydrogen-bond donors (Lipinski definition) is 0. The fourth-order valence-electron chi connectivity index (χ4n) is 1.94. The van der Waals surface area contributed by atoms with Gasteiger partial charge in [-0.15, -0.1) is 5.10 Å². The van der Waals surface area contributed by atoms with E-state index in [2.05, 4.69) is 32.9 Å². The van der Waals surface area contributed by atoms with E-state index in [0.717, 1.165) is 9.26 Å². The predicted molar refractivity (Wildman–Crippen MR) is 89.0 cm³/mol. The summed E-state index contributed by atoms with van der Waals surface area (Å²) in [7, 11) is 0. The van der Waals surface area contributed by atoms with Crippen molar-refractivity contribution in [3.63, 3.8) is 0 Å². The number of carbonyl (C=O) groups excluding carboxylic acids is 1. The van der Waals surface area contributed by atoms with E-state index in [-0.39, 0.29) is 5.78 Å². The maximum atomic E-state index is 12.6. The topological polar surface area (TPSA) is 47.8 Å². The molecule has 104 valence electrons. The van der Waals surface area contributed by atoms with Crippen molar-refractivity contribution in [2.24, 2.45) is 0 Å². The summed E-state index contributed by atoms with van der Waals surface area (Å²) < 4.78 is 2.43. The van der Waals surface area contributed by atoms with Crippen LogP contribution in [0.1, 0.15) is 16.1 Å². The van der Waals surface area contributed by atoms with E-state index < -0.39 is 0 Å². The Hall–Kier alpha value is -1.73. The summed E-state index contributed by atoms with van der Waals surface area (Å²) in [6.07, 6.45) is 1.46. The van der Waals surface area contributed by atoms with E-state index >= 15 is 0 Å². The van der Waals surface area contributed by atoms with Gasteiger partial charge in [0.05, 0.1) is 16.9 Å². The van der Waals surface area contributed by atoms with Crippen molar-refractivity contribution in [3.05, 3.63) is 74.6 Å². The van der Waals surface area contributed by atoms with Crippen LogP contribution in [0, 0.1) is 3.57 Å². The van der Waals surface area contributed by atoms with E-state index in [0.29, 0.717) is 16.3 Å². The highest BCUT2D eigenvalue weighted by atomic mass is 127. The second-order valence-electron chi connectivity index (χ2n) is 4.32. The zero-order valence-corrected chi connectivity index (χ0v) is 13.6. The van der Waals surface area contributed by atoms with Gasteiger partial charge in [0.15, 0.2) is 0 Å². The van der Waals surface area contributed by atoms with Gasteiger partial charge in [0, 0.05) is 9.13 Å². The van der Waals surface area contributed by atoms with Crippen LogP contribution in [-0.2, 0) is 0 Å². The van der Waals surface area contributed by atoms with Crippen LogP contribution < -0.4 is 0 Å². The molecule has 0 saturated heterocycles. The van der Waals surface area contributed by atoms with Crippen LogP contribution in [-0.4, -0.2) is 20.8 Å². The van der Waals surface area contributed by atoms with Crippen molar-refractivity contribution in [1.82, 2.24) is 15.0 Å². The number of aromatic nitrogens is 3. The number of halogens is 2. The second-order valence-corrected chi connectivity index (χ2v) is 5.89. The molecule has 6 heteroatoms. The summed E-state index contributed by atoms with van der Waals surface area (Å²) >= 11 is 8.20. The highest BCUT2D eigenvalue weighted by Gasteiger charge is 2.17. The Morgan fingerprint density at radius 1 is 1.14 bits per heavy atom. The Morgan fingerprint density at radius 2 is 1.90 bits per heavy atom. The molecule has 1 aromatic heterocycles.